The fourth-order valence-corrected chi connectivity index (χ4v) is 2.99. The zero-order valence-corrected chi connectivity index (χ0v) is 11.6. The Morgan fingerprint density at radius 2 is 1.61 bits per heavy atom. The van der Waals surface area contributed by atoms with Crippen LogP contribution in [0.5, 0.6) is 0 Å². The van der Waals surface area contributed by atoms with Crippen LogP contribution in [0.1, 0.15) is 34.6 Å². The molecule has 2 unspecified atom stereocenters. The molecule has 0 aromatic rings. The summed E-state index contributed by atoms with van der Waals surface area (Å²) >= 11 is 0. The number of ether oxygens (including phenoxy) is 5. The molecule has 0 aromatic carbocycles. The molecule has 18 heavy (non-hydrogen) atoms. The predicted octanol–water partition coefficient (Wildman–Crippen LogP) is 1.65. The van der Waals surface area contributed by atoms with E-state index in [0.717, 1.165) is 0 Å². The minimum Gasteiger partial charge on any atom is -0.348 e. The lowest BCUT2D eigenvalue weighted by atomic mass is 9.97. The van der Waals surface area contributed by atoms with Crippen LogP contribution < -0.4 is 0 Å². The van der Waals surface area contributed by atoms with E-state index < -0.39 is 11.6 Å². The van der Waals surface area contributed by atoms with Gasteiger partial charge in [0.1, 0.15) is 12.2 Å². The maximum Gasteiger partial charge on any atom is 0.187 e. The molecule has 3 aliphatic rings. The monoisotopic (exact) mass is 258 g/mol. The third kappa shape index (κ3) is 2.08. The normalized spacial score (nSPS) is 49.5. The maximum atomic E-state index is 5.96. The molecule has 104 valence electrons. The van der Waals surface area contributed by atoms with Crippen molar-refractivity contribution >= 4 is 0 Å². The lowest BCUT2D eigenvalue weighted by Gasteiger charge is -2.27. The zero-order valence-electron chi connectivity index (χ0n) is 11.6. The zero-order chi connectivity index (χ0) is 13.1. The number of hydrogen-bond donors (Lipinski definition) is 0. The van der Waals surface area contributed by atoms with Crippen molar-refractivity contribution in [3.63, 3.8) is 0 Å². The number of fused-ring (bicyclic) bond motifs is 1. The van der Waals surface area contributed by atoms with Gasteiger partial charge in [0.15, 0.2) is 17.9 Å². The minimum atomic E-state index is -0.555. The van der Waals surface area contributed by atoms with Gasteiger partial charge in [-0.1, -0.05) is 6.92 Å². The van der Waals surface area contributed by atoms with Gasteiger partial charge in [-0.15, -0.1) is 0 Å². The molecule has 0 aliphatic carbocycles. The van der Waals surface area contributed by atoms with Crippen molar-refractivity contribution in [1.29, 1.82) is 0 Å². The molecule has 3 aliphatic heterocycles. The highest BCUT2D eigenvalue weighted by Crippen LogP contribution is 2.43. The Balaban J connectivity index is 1.68. The maximum absolute atomic E-state index is 5.96. The van der Waals surface area contributed by atoms with Gasteiger partial charge in [0.25, 0.3) is 0 Å². The first-order valence-corrected chi connectivity index (χ1v) is 6.60. The van der Waals surface area contributed by atoms with E-state index in [4.69, 9.17) is 23.7 Å². The van der Waals surface area contributed by atoms with E-state index in [0.29, 0.717) is 6.61 Å². The van der Waals surface area contributed by atoms with Crippen molar-refractivity contribution in [2.75, 3.05) is 6.61 Å². The van der Waals surface area contributed by atoms with Crippen LogP contribution in [0.25, 0.3) is 0 Å². The molecule has 3 fully saturated rings. The first kappa shape index (κ1) is 12.8. The van der Waals surface area contributed by atoms with E-state index in [2.05, 4.69) is 6.92 Å². The molecule has 0 spiro atoms. The Bertz CT molecular complexity index is 340. The van der Waals surface area contributed by atoms with Crippen molar-refractivity contribution in [2.45, 2.75) is 70.8 Å². The van der Waals surface area contributed by atoms with Crippen molar-refractivity contribution in [3.05, 3.63) is 0 Å². The van der Waals surface area contributed by atoms with Crippen LogP contribution in [-0.2, 0) is 23.7 Å². The topological polar surface area (TPSA) is 46.2 Å². The van der Waals surface area contributed by atoms with Gasteiger partial charge < -0.3 is 23.7 Å². The largest absolute Gasteiger partial charge is 0.348 e. The summed E-state index contributed by atoms with van der Waals surface area (Å²) in [7, 11) is 0. The average Bonchev–Trinajstić information content (AvgIpc) is 2.81. The van der Waals surface area contributed by atoms with Crippen LogP contribution in [0.2, 0.25) is 0 Å². The van der Waals surface area contributed by atoms with Gasteiger partial charge in [0.05, 0.1) is 12.7 Å². The fourth-order valence-electron chi connectivity index (χ4n) is 2.99. The van der Waals surface area contributed by atoms with E-state index in [9.17, 15) is 0 Å². The second kappa shape index (κ2) is 3.90. The molecule has 3 saturated heterocycles. The third-order valence-electron chi connectivity index (χ3n) is 3.81. The van der Waals surface area contributed by atoms with E-state index in [1.807, 2.05) is 27.7 Å². The molecule has 0 saturated carbocycles. The van der Waals surface area contributed by atoms with Gasteiger partial charge in [-0.3, -0.25) is 0 Å². The highest BCUT2D eigenvalue weighted by atomic mass is 16.8. The van der Waals surface area contributed by atoms with Gasteiger partial charge in [-0.25, -0.2) is 0 Å². The predicted molar refractivity (Wildman–Crippen MR) is 62.8 cm³/mol. The molecule has 0 bridgehead atoms. The van der Waals surface area contributed by atoms with Crippen molar-refractivity contribution < 1.29 is 23.7 Å². The highest BCUT2D eigenvalue weighted by molar-refractivity contribution is 4.95. The molecule has 5 heteroatoms. The standard InChI is InChI=1S/C13H22O5/c1-7-9(8-6-14-12(2,3)16-8)15-11-10(7)17-13(4,5)18-11/h7-11H,6H2,1-5H3/t7-,8?,9-,10-,11?/m1/s1. The van der Waals surface area contributed by atoms with Crippen molar-refractivity contribution in [1.82, 2.24) is 0 Å². The van der Waals surface area contributed by atoms with E-state index in [-0.39, 0.29) is 30.5 Å². The molecule has 5 nitrogen and oxygen atoms in total. The highest BCUT2D eigenvalue weighted by Gasteiger charge is 2.56. The lowest BCUT2D eigenvalue weighted by Crippen LogP contribution is -2.37. The summed E-state index contributed by atoms with van der Waals surface area (Å²) in [6, 6.07) is 0. The van der Waals surface area contributed by atoms with Crippen LogP contribution in [-0.4, -0.2) is 42.8 Å². The molecular formula is C13H22O5. The summed E-state index contributed by atoms with van der Waals surface area (Å²) in [5, 5.41) is 0. The Labute approximate surface area is 108 Å². The Morgan fingerprint density at radius 3 is 2.17 bits per heavy atom. The quantitative estimate of drug-likeness (QED) is 0.715. The molecule has 0 N–H and O–H groups in total. The van der Waals surface area contributed by atoms with Crippen LogP contribution in [0, 0.1) is 5.92 Å². The molecule has 3 heterocycles. The van der Waals surface area contributed by atoms with Crippen molar-refractivity contribution in [3.8, 4) is 0 Å². The van der Waals surface area contributed by atoms with Gasteiger partial charge in [0.2, 0.25) is 0 Å². The van der Waals surface area contributed by atoms with Crippen LogP contribution in [0.3, 0.4) is 0 Å². The van der Waals surface area contributed by atoms with Crippen LogP contribution >= 0.6 is 0 Å². The molecule has 0 radical (unpaired) electrons. The van der Waals surface area contributed by atoms with E-state index >= 15 is 0 Å². The third-order valence-corrected chi connectivity index (χ3v) is 3.81. The fraction of sp³-hybridized carbons (Fsp3) is 1.00. The Morgan fingerprint density at radius 1 is 0.889 bits per heavy atom. The van der Waals surface area contributed by atoms with Gasteiger partial charge in [-0.2, -0.15) is 0 Å². The number of hydrogen-bond acceptors (Lipinski definition) is 5. The molecule has 0 aromatic heterocycles. The second-order valence-electron chi connectivity index (χ2n) is 6.30. The lowest BCUT2D eigenvalue weighted by molar-refractivity contribution is -0.226. The summed E-state index contributed by atoms with van der Waals surface area (Å²) in [5.41, 5.74) is 0. The Kier molecular flexibility index (Phi) is 2.78. The summed E-state index contributed by atoms with van der Waals surface area (Å²) < 4.78 is 29.0. The summed E-state index contributed by atoms with van der Waals surface area (Å²) in [6.07, 6.45) is -0.376. The van der Waals surface area contributed by atoms with Gasteiger partial charge >= 0.3 is 0 Å². The minimum absolute atomic E-state index is 0.0164. The first-order chi connectivity index (χ1) is 8.27. The molecule has 3 rings (SSSR count). The molecular weight excluding hydrogens is 236 g/mol. The molecule has 0 amide bonds. The molecule has 5 atom stereocenters. The number of rotatable bonds is 1. The Hall–Kier alpha value is -0.200. The SMILES string of the molecule is C[C@@H]1[C@H](C2COC(C)(C)O2)OC2OC(C)(C)O[C@@H]21. The van der Waals surface area contributed by atoms with Crippen LogP contribution in [0.15, 0.2) is 0 Å². The smallest absolute Gasteiger partial charge is 0.187 e. The van der Waals surface area contributed by atoms with Crippen LogP contribution in [0.4, 0.5) is 0 Å². The van der Waals surface area contributed by atoms with Crippen molar-refractivity contribution in [2.24, 2.45) is 5.92 Å². The van der Waals surface area contributed by atoms with Gasteiger partial charge in [0, 0.05) is 5.92 Å². The summed E-state index contributed by atoms with van der Waals surface area (Å²) in [5.74, 6) is -0.841. The first-order valence-electron chi connectivity index (χ1n) is 6.60. The summed E-state index contributed by atoms with van der Waals surface area (Å²) in [6.45, 7) is 10.3. The summed E-state index contributed by atoms with van der Waals surface area (Å²) in [4.78, 5) is 0. The van der Waals surface area contributed by atoms with Gasteiger partial charge in [-0.05, 0) is 27.7 Å². The average molecular weight is 258 g/mol. The van der Waals surface area contributed by atoms with E-state index in [1.165, 1.54) is 0 Å². The second-order valence-corrected chi connectivity index (χ2v) is 6.30. The van der Waals surface area contributed by atoms with E-state index in [1.54, 1.807) is 0 Å².